The lowest BCUT2D eigenvalue weighted by molar-refractivity contribution is -0.131. The third-order valence-corrected chi connectivity index (χ3v) is 5.52. The van der Waals surface area contributed by atoms with Gasteiger partial charge < -0.3 is 25.2 Å². The molecule has 0 atom stereocenters. The van der Waals surface area contributed by atoms with E-state index in [4.69, 9.17) is 4.74 Å². The molecule has 2 aliphatic rings. The maximum absolute atomic E-state index is 12.6. The number of hydrogen-bond acceptors (Lipinski definition) is 5. The first kappa shape index (κ1) is 22.4. The Hall–Kier alpha value is -2.32. The average Bonchev–Trinajstić information content (AvgIpc) is 2.80. The van der Waals surface area contributed by atoms with Crippen molar-refractivity contribution < 1.29 is 9.53 Å². The van der Waals surface area contributed by atoms with Gasteiger partial charge in [-0.15, -0.1) is 0 Å². The normalized spacial score (nSPS) is 18.4. The average molecular weight is 417 g/mol. The number of hydrogen-bond donors (Lipinski definition) is 2. The summed E-state index contributed by atoms with van der Waals surface area (Å²) in [5.74, 6) is 0.992. The van der Waals surface area contributed by atoms with Crippen molar-refractivity contribution in [1.29, 1.82) is 0 Å². The van der Waals surface area contributed by atoms with Crippen LogP contribution in [0.15, 0.2) is 35.3 Å². The molecule has 2 heterocycles. The number of aliphatic imine (C=N–C) groups is 1. The van der Waals surface area contributed by atoms with E-state index in [9.17, 15) is 4.79 Å². The molecule has 30 heavy (non-hydrogen) atoms. The van der Waals surface area contributed by atoms with E-state index in [1.165, 1.54) is 5.69 Å². The van der Waals surface area contributed by atoms with E-state index < -0.39 is 0 Å². The number of nitrogens with zero attached hydrogens (tertiary/aromatic N) is 4. The van der Waals surface area contributed by atoms with Crippen molar-refractivity contribution >= 4 is 17.6 Å². The number of benzene rings is 1. The van der Waals surface area contributed by atoms with Crippen LogP contribution in [0.1, 0.15) is 13.3 Å². The Bertz CT molecular complexity index is 655. The molecule has 0 aromatic heterocycles. The minimum absolute atomic E-state index is 0.208. The topological polar surface area (TPSA) is 72.4 Å². The van der Waals surface area contributed by atoms with Crippen molar-refractivity contribution in [3.05, 3.63) is 30.3 Å². The monoisotopic (exact) mass is 416 g/mol. The molecule has 1 aromatic carbocycles. The van der Waals surface area contributed by atoms with Crippen molar-refractivity contribution in [2.24, 2.45) is 4.99 Å². The fraction of sp³-hybridized carbons (Fsp3) is 0.636. The standard InChI is InChI=1S/C22H36N6O2/c1-2-23-22(25-10-11-26-16-18-30-19-17-26)24-9-8-21(29)28-14-12-27(13-15-28)20-6-4-3-5-7-20/h3-7H,2,8-19H2,1H3,(H2,23,24,25). The first-order valence-corrected chi connectivity index (χ1v) is 11.2. The smallest absolute Gasteiger partial charge is 0.224 e. The van der Waals surface area contributed by atoms with Gasteiger partial charge in [-0.3, -0.25) is 14.7 Å². The summed E-state index contributed by atoms with van der Waals surface area (Å²) < 4.78 is 5.38. The SMILES string of the molecule is CCNC(=NCCN1CCOCC1)NCCC(=O)N1CCN(c2ccccc2)CC1. The fourth-order valence-electron chi connectivity index (χ4n) is 3.77. The first-order chi connectivity index (χ1) is 14.8. The molecule has 0 saturated carbocycles. The van der Waals surface area contributed by atoms with Crippen LogP contribution in [-0.2, 0) is 9.53 Å². The van der Waals surface area contributed by atoms with E-state index in [0.29, 0.717) is 13.0 Å². The van der Waals surface area contributed by atoms with Gasteiger partial charge in [-0.05, 0) is 19.1 Å². The molecule has 0 unspecified atom stereocenters. The number of nitrogens with one attached hydrogen (secondary N) is 2. The number of ether oxygens (including phenoxy) is 1. The van der Waals surface area contributed by atoms with Crippen LogP contribution in [0, 0.1) is 0 Å². The zero-order valence-corrected chi connectivity index (χ0v) is 18.2. The Labute approximate surface area is 180 Å². The van der Waals surface area contributed by atoms with Gasteiger partial charge in [0, 0.05) is 71.0 Å². The second-order valence-electron chi connectivity index (χ2n) is 7.59. The lowest BCUT2D eigenvalue weighted by Gasteiger charge is -2.36. The van der Waals surface area contributed by atoms with Crippen molar-refractivity contribution in [2.75, 3.05) is 83.6 Å². The second-order valence-corrected chi connectivity index (χ2v) is 7.59. The molecule has 0 bridgehead atoms. The summed E-state index contributed by atoms with van der Waals surface area (Å²) in [4.78, 5) is 23.9. The molecular formula is C22H36N6O2. The molecule has 166 valence electrons. The Balaban J connectivity index is 1.35. The van der Waals surface area contributed by atoms with Gasteiger partial charge in [0.1, 0.15) is 0 Å². The van der Waals surface area contributed by atoms with Gasteiger partial charge in [0.2, 0.25) is 5.91 Å². The van der Waals surface area contributed by atoms with Crippen LogP contribution in [0.25, 0.3) is 0 Å². The molecule has 0 aliphatic carbocycles. The number of guanidine groups is 1. The fourth-order valence-corrected chi connectivity index (χ4v) is 3.77. The van der Waals surface area contributed by atoms with Crippen molar-refractivity contribution in [2.45, 2.75) is 13.3 Å². The number of anilines is 1. The van der Waals surface area contributed by atoms with Gasteiger partial charge in [-0.1, -0.05) is 18.2 Å². The summed E-state index contributed by atoms with van der Waals surface area (Å²) >= 11 is 0. The highest BCUT2D eigenvalue weighted by molar-refractivity contribution is 5.81. The zero-order chi connectivity index (χ0) is 21.0. The Morgan fingerprint density at radius 2 is 1.77 bits per heavy atom. The third-order valence-electron chi connectivity index (χ3n) is 5.52. The predicted molar refractivity (Wildman–Crippen MR) is 121 cm³/mol. The van der Waals surface area contributed by atoms with Crippen molar-refractivity contribution in [3.8, 4) is 0 Å². The predicted octanol–water partition coefficient (Wildman–Crippen LogP) is 0.613. The molecular weight excluding hydrogens is 380 g/mol. The minimum atomic E-state index is 0.208. The van der Waals surface area contributed by atoms with Crippen LogP contribution < -0.4 is 15.5 Å². The van der Waals surface area contributed by atoms with Crippen molar-refractivity contribution in [3.63, 3.8) is 0 Å². The third kappa shape index (κ3) is 7.18. The summed E-state index contributed by atoms with van der Waals surface area (Å²) in [6.45, 7) is 12.0. The molecule has 1 amide bonds. The molecule has 0 spiro atoms. The Kier molecular flexibility index (Phi) is 9.24. The maximum Gasteiger partial charge on any atom is 0.224 e. The largest absolute Gasteiger partial charge is 0.379 e. The molecule has 2 N–H and O–H groups in total. The van der Waals surface area contributed by atoms with Gasteiger partial charge in [0.15, 0.2) is 5.96 Å². The molecule has 2 aliphatic heterocycles. The number of carbonyl (C=O) groups is 1. The number of amides is 1. The summed E-state index contributed by atoms with van der Waals surface area (Å²) in [5, 5.41) is 6.56. The van der Waals surface area contributed by atoms with Crippen LogP contribution in [0.5, 0.6) is 0 Å². The van der Waals surface area contributed by atoms with E-state index in [-0.39, 0.29) is 5.91 Å². The van der Waals surface area contributed by atoms with Crippen LogP contribution in [0.4, 0.5) is 5.69 Å². The lowest BCUT2D eigenvalue weighted by atomic mass is 10.2. The number of piperazine rings is 1. The summed E-state index contributed by atoms with van der Waals surface area (Å²) in [7, 11) is 0. The maximum atomic E-state index is 12.6. The van der Waals surface area contributed by atoms with Gasteiger partial charge >= 0.3 is 0 Å². The summed E-state index contributed by atoms with van der Waals surface area (Å²) in [6.07, 6.45) is 0.485. The number of para-hydroxylation sites is 1. The Morgan fingerprint density at radius 3 is 2.47 bits per heavy atom. The number of rotatable bonds is 8. The first-order valence-electron chi connectivity index (χ1n) is 11.2. The summed E-state index contributed by atoms with van der Waals surface area (Å²) in [5.41, 5.74) is 1.23. The highest BCUT2D eigenvalue weighted by atomic mass is 16.5. The van der Waals surface area contributed by atoms with Crippen LogP contribution in [0.3, 0.4) is 0 Å². The zero-order valence-electron chi connectivity index (χ0n) is 18.2. The molecule has 8 heteroatoms. The van der Waals surface area contributed by atoms with E-state index >= 15 is 0 Å². The highest BCUT2D eigenvalue weighted by Gasteiger charge is 2.20. The second kappa shape index (κ2) is 12.4. The molecule has 8 nitrogen and oxygen atoms in total. The molecule has 3 rings (SSSR count). The van der Waals surface area contributed by atoms with Crippen LogP contribution in [0.2, 0.25) is 0 Å². The van der Waals surface area contributed by atoms with Gasteiger partial charge in [0.25, 0.3) is 0 Å². The quantitative estimate of drug-likeness (QED) is 0.478. The molecule has 2 fully saturated rings. The van der Waals surface area contributed by atoms with Crippen molar-refractivity contribution in [1.82, 2.24) is 20.4 Å². The van der Waals surface area contributed by atoms with Crippen LogP contribution in [-0.4, -0.2) is 100 Å². The van der Waals surface area contributed by atoms with E-state index in [0.717, 1.165) is 78.1 Å². The van der Waals surface area contributed by atoms with E-state index in [2.05, 4.69) is 56.6 Å². The number of carbonyl (C=O) groups excluding carboxylic acids is 1. The van der Waals surface area contributed by atoms with E-state index in [1.807, 2.05) is 11.0 Å². The minimum Gasteiger partial charge on any atom is -0.379 e. The summed E-state index contributed by atoms with van der Waals surface area (Å²) in [6, 6.07) is 10.4. The van der Waals surface area contributed by atoms with Gasteiger partial charge in [-0.25, -0.2) is 0 Å². The van der Waals surface area contributed by atoms with E-state index in [1.54, 1.807) is 0 Å². The van der Waals surface area contributed by atoms with Gasteiger partial charge in [0.05, 0.1) is 19.8 Å². The van der Waals surface area contributed by atoms with Crippen LogP contribution >= 0.6 is 0 Å². The lowest BCUT2D eigenvalue weighted by Crippen LogP contribution is -2.49. The molecule has 0 radical (unpaired) electrons. The number of morpholine rings is 1. The molecule has 1 aromatic rings. The van der Waals surface area contributed by atoms with Gasteiger partial charge in [-0.2, -0.15) is 0 Å². The highest BCUT2D eigenvalue weighted by Crippen LogP contribution is 2.15. The Morgan fingerprint density at radius 1 is 1.03 bits per heavy atom. The molecule has 2 saturated heterocycles.